The first-order valence-corrected chi connectivity index (χ1v) is 4.49. The normalized spacial score (nSPS) is 9.83. The van der Waals surface area contributed by atoms with E-state index in [0.717, 1.165) is 16.3 Å². The predicted molar refractivity (Wildman–Crippen MR) is 53.3 cm³/mol. The van der Waals surface area contributed by atoms with Gasteiger partial charge in [-0.05, 0) is 33.6 Å². The lowest BCUT2D eigenvalue weighted by molar-refractivity contribution is -0.107. The van der Waals surface area contributed by atoms with Crippen LogP contribution in [0.4, 0.5) is 5.69 Å². The van der Waals surface area contributed by atoms with Gasteiger partial charge < -0.3 is 10.5 Å². The molecule has 0 unspecified atom stereocenters. The van der Waals surface area contributed by atoms with Gasteiger partial charge in [0.25, 0.3) is 0 Å². The van der Waals surface area contributed by atoms with Crippen LogP contribution in [-0.4, -0.2) is 6.29 Å². The van der Waals surface area contributed by atoms with Crippen molar-refractivity contribution >= 4 is 39.5 Å². The minimum absolute atomic E-state index is 0.302. The van der Waals surface area contributed by atoms with Crippen LogP contribution in [0.5, 0.6) is 0 Å². The molecule has 0 radical (unpaired) electrons. The fourth-order valence-electron chi connectivity index (χ4n) is 0.859. The second-order valence-corrected chi connectivity index (χ2v) is 3.60. The minimum atomic E-state index is 0.302. The average molecular weight is 249 g/mol. The van der Waals surface area contributed by atoms with Crippen molar-refractivity contribution in [2.75, 3.05) is 5.73 Å². The Bertz CT molecular complexity index is 314. The fraction of sp³-hybridized carbons (Fsp3) is 0.125. The zero-order valence-electron chi connectivity index (χ0n) is 6.18. The molecule has 1 aromatic carbocycles. The van der Waals surface area contributed by atoms with E-state index in [0.29, 0.717) is 17.1 Å². The van der Waals surface area contributed by atoms with Gasteiger partial charge in [0, 0.05) is 21.6 Å². The van der Waals surface area contributed by atoms with Gasteiger partial charge in [0.05, 0.1) is 0 Å². The molecule has 0 aliphatic heterocycles. The molecule has 4 heteroatoms. The number of halogens is 2. The molecular formula is C8H7BrClNO. The van der Waals surface area contributed by atoms with Gasteiger partial charge in [-0.15, -0.1) is 0 Å². The number of benzene rings is 1. The molecule has 0 aliphatic carbocycles. The summed E-state index contributed by atoms with van der Waals surface area (Å²) in [7, 11) is 0. The van der Waals surface area contributed by atoms with Crippen LogP contribution in [0.15, 0.2) is 16.6 Å². The predicted octanol–water partition coefficient (Wildman–Crippen LogP) is 2.43. The molecule has 0 fully saturated rings. The Hall–Kier alpha value is -0.540. The van der Waals surface area contributed by atoms with Crippen molar-refractivity contribution in [3.63, 3.8) is 0 Å². The molecule has 2 nitrogen and oxygen atoms in total. The highest BCUT2D eigenvalue weighted by atomic mass is 79.9. The number of nitrogen functional groups attached to an aromatic ring is 1. The van der Waals surface area contributed by atoms with Crippen LogP contribution < -0.4 is 5.73 Å². The standard InChI is InChI=1S/C8H7BrClNO/c9-6-4-7(10)5(1-2-12)3-8(6)11/h2-4H,1,11H2. The molecule has 0 atom stereocenters. The van der Waals surface area contributed by atoms with Crippen LogP contribution >= 0.6 is 27.5 Å². The maximum Gasteiger partial charge on any atom is 0.124 e. The van der Waals surface area contributed by atoms with Gasteiger partial charge in [0.2, 0.25) is 0 Å². The lowest BCUT2D eigenvalue weighted by Gasteiger charge is -2.03. The monoisotopic (exact) mass is 247 g/mol. The maximum absolute atomic E-state index is 10.2. The Morgan fingerprint density at radius 3 is 2.83 bits per heavy atom. The van der Waals surface area contributed by atoms with Crippen LogP contribution in [-0.2, 0) is 11.2 Å². The first-order chi connectivity index (χ1) is 5.65. The highest BCUT2D eigenvalue weighted by molar-refractivity contribution is 9.10. The summed E-state index contributed by atoms with van der Waals surface area (Å²) in [4.78, 5) is 10.2. The molecule has 0 aliphatic rings. The van der Waals surface area contributed by atoms with Gasteiger partial charge in [0.15, 0.2) is 0 Å². The summed E-state index contributed by atoms with van der Waals surface area (Å²) >= 11 is 9.07. The lowest BCUT2D eigenvalue weighted by Crippen LogP contribution is -1.92. The Labute approximate surface area is 83.8 Å². The third-order valence-electron chi connectivity index (χ3n) is 1.47. The molecular weight excluding hydrogens is 241 g/mol. The number of aldehydes is 1. The molecule has 0 saturated carbocycles. The summed E-state index contributed by atoms with van der Waals surface area (Å²) in [5, 5.41) is 0.558. The van der Waals surface area contributed by atoms with Gasteiger partial charge in [-0.25, -0.2) is 0 Å². The van der Waals surface area contributed by atoms with Crippen molar-refractivity contribution in [2.24, 2.45) is 0 Å². The molecule has 2 N–H and O–H groups in total. The number of nitrogens with two attached hydrogens (primary N) is 1. The lowest BCUT2D eigenvalue weighted by atomic mass is 10.1. The topological polar surface area (TPSA) is 43.1 Å². The van der Waals surface area contributed by atoms with Gasteiger partial charge in [-0.1, -0.05) is 11.6 Å². The van der Waals surface area contributed by atoms with E-state index >= 15 is 0 Å². The Morgan fingerprint density at radius 1 is 1.58 bits per heavy atom. The number of carbonyl (C=O) groups excluding carboxylic acids is 1. The van der Waals surface area contributed by atoms with E-state index < -0.39 is 0 Å². The van der Waals surface area contributed by atoms with E-state index in [1.165, 1.54) is 0 Å². The Morgan fingerprint density at radius 2 is 2.25 bits per heavy atom. The number of rotatable bonds is 2. The van der Waals surface area contributed by atoms with Crippen molar-refractivity contribution in [1.29, 1.82) is 0 Å². The van der Waals surface area contributed by atoms with E-state index in [-0.39, 0.29) is 0 Å². The van der Waals surface area contributed by atoms with E-state index in [1.807, 2.05) is 0 Å². The zero-order valence-corrected chi connectivity index (χ0v) is 8.52. The summed E-state index contributed by atoms with van der Waals surface area (Å²) in [6, 6.07) is 3.39. The van der Waals surface area contributed by atoms with Crippen LogP contribution in [0.25, 0.3) is 0 Å². The maximum atomic E-state index is 10.2. The van der Waals surface area contributed by atoms with Crippen LogP contribution in [0.2, 0.25) is 5.02 Å². The molecule has 1 rings (SSSR count). The Kier molecular flexibility index (Phi) is 3.12. The molecule has 0 saturated heterocycles. The number of carbonyl (C=O) groups is 1. The van der Waals surface area contributed by atoms with E-state index in [2.05, 4.69) is 15.9 Å². The molecule has 0 amide bonds. The zero-order chi connectivity index (χ0) is 9.14. The second kappa shape index (κ2) is 3.92. The number of hydrogen-bond donors (Lipinski definition) is 1. The smallest absolute Gasteiger partial charge is 0.124 e. The highest BCUT2D eigenvalue weighted by Gasteiger charge is 2.03. The summed E-state index contributed by atoms with van der Waals surface area (Å²) in [5.41, 5.74) is 6.95. The third kappa shape index (κ3) is 1.99. The summed E-state index contributed by atoms with van der Waals surface area (Å²) < 4.78 is 0.752. The van der Waals surface area contributed by atoms with Crippen LogP contribution in [0.3, 0.4) is 0 Å². The molecule has 1 aromatic rings. The van der Waals surface area contributed by atoms with Gasteiger partial charge >= 0.3 is 0 Å². The number of hydrogen-bond acceptors (Lipinski definition) is 2. The van der Waals surface area contributed by atoms with Crippen LogP contribution in [0, 0.1) is 0 Å². The second-order valence-electron chi connectivity index (χ2n) is 2.34. The molecule has 12 heavy (non-hydrogen) atoms. The van der Waals surface area contributed by atoms with Crippen molar-refractivity contribution < 1.29 is 4.79 Å². The largest absolute Gasteiger partial charge is 0.398 e. The summed E-state index contributed by atoms with van der Waals surface area (Å²) in [6.07, 6.45) is 1.10. The molecule has 0 aromatic heterocycles. The SMILES string of the molecule is Nc1cc(CC=O)c(Cl)cc1Br. The summed E-state index contributed by atoms with van der Waals surface area (Å²) in [6.45, 7) is 0. The number of anilines is 1. The van der Waals surface area contributed by atoms with Crippen molar-refractivity contribution in [2.45, 2.75) is 6.42 Å². The van der Waals surface area contributed by atoms with Gasteiger partial charge in [-0.3, -0.25) is 0 Å². The first-order valence-electron chi connectivity index (χ1n) is 3.32. The average Bonchev–Trinajstić information content (AvgIpc) is 2.01. The van der Waals surface area contributed by atoms with Gasteiger partial charge in [-0.2, -0.15) is 0 Å². The van der Waals surface area contributed by atoms with E-state index in [4.69, 9.17) is 17.3 Å². The molecule has 0 bridgehead atoms. The molecule has 0 spiro atoms. The Balaban J connectivity index is 3.13. The van der Waals surface area contributed by atoms with E-state index in [9.17, 15) is 4.79 Å². The third-order valence-corrected chi connectivity index (χ3v) is 2.51. The minimum Gasteiger partial charge on any atom is -0.398 e. The van der Waals surface area contributed by atoms with Crippen molar-refractivity contribution in [1.82, 2.24) is 0 Å². The quantitative estimate of drug-likeness (QED) is 0.645. The van der Waals surface area contributed by atoms with Crippen molar-refractivity contribution in [3.05, 3.63) is 27.2 Å². The first kappa shape index (κ1) is 9.55. The molecule has 0 heterocycles. The summed E-state index contributed by atoms with van der Waals surface area (Å²) in [5.74, 6) is 0. The van der Waals surface area contributed by atoms with E-state index in [1.54, 1.807) is 12.1 Å². The van der Waals surface area contributed by atoms with Gasteiger partial charge in [0.1, 0.15) is 6.29 Å². The van der Waals surface area contributed by atoms with Crippen LogP contribution in [0.1, 0.15) is 5.56 Å². The van der Waals surface area contributed by atoms with Crippen molar-refractivity contribution in [3.8, 4) is 0 Å². The molecule has 64 valence electrons. The fourth-order valence-corrected chi connectivity index (χ4v) is 1.58. The highest BCUT2D eigenvalue weighted by Crippen LogP contribution is 2.27.